The van der Waals surface area contributed by atoms with E-state index >= 15 is 0 Å². The van der Waals surface area contributed by atoms with E-state index in [4.69, 9.17) is 4.74 Å². The van der Waals surface area contributed by atoms with Gasteiger partial charge in [-0.3, -0.25) is 14.4 Å². The molecule has 25 heavy (non-hydrogen) atoms. The predicted molar refractivity (Wildman–Crippen MR) is 91.1 cm³/mol. The van der Waals surface area contributed by atoms with Crippen molar-refractivity contribution in [2.45, 2.75) is 13.0 Å². The second-order valence-electron chi connectivity index (χ2n) is 5.23. The van der Waals surface area contributed by atoms with Crippen molar-refractivity contribution in [3.05, 3.63) is 59.0 Å². The van der Waals surface area contributed by atoms with Gasteiger partial charge in [0, 0.05) is 37.0 Å². The fourth-order valence-electron chi connectivity index (χ4n) is 2.21. The Hall–Kier alpha value is -3.40. The zero-order valence-electron chi connectivity index (χ0n) is 13.6. The molecule has 2 aromatic rings. The number of nitrogens with one attached hydrogen (secondary N) is 1. The second kappa shape index (κ2) is 8.45. The highest BCUT2D eigenvalue weighted by molar-refractivity contribution is 6.09. The van der Waals surface area contributed by atoms with Crippen LogP contribution in [0, 0.1) is 17.2 Å². The molecule has 1 heterocycles. The number of methoxy groups -OCH3 is 1. The number of benzene rings is 1. The van der Waals surface area contributed by atoms with E-state index in [0.29, 0.717) is 11.4 Å². The minimum absolute atomic E-state index is 0.0896. The van der Waals surface area contributed by atoms with Gasteiger partial charge in [-0.2, -0.15) is 5.26 Å². The summed E-state index contributed by atoms with van der Waals surface area (Å²) in [5, 5.41) is 11.7. The molecular weight excluding hydrogens is 322 g/mol. The van der Waals surface area contributed by atoms with Crippen LogP contribution in [0.4, 0.5) is 5.69 Å². The van der Waals surface area contributed by atoms with E-state index in [1.54, 1.807) is 48.7 Å². The van der Waals surface area contributed by atoms with E-state index in [0.717, 1.165) is 0 Å². The Morgan fingerprint density at radius 3 is 2.76 bits per heavy atom. The second-order valence-corrected chi connectivity index (χ2v) is 5.23. The Bertz CT molecular complexity index is 867. The number of hydrogen-bond donors (Lipinski definition) is 1. The van der Waals surface area contributed by atoms with Crippen LogP contribution in [0.3, 0.4) is 0 Å². The van der Waals surface area contributed by atoms with Gasteiger partial charge >= 0.3 is 0 Å². The van der Waals surface area contributed by atoms with E-state index < -0.39 is 17.6 Å². The Morgan fingerprint density at radius 1 is 1.28 bits per heavy atom. The number of Topliss-reactive ketones (excluding diaryl/α,β-unsaturated/α-hetero) is 1. The van der Waals surface area contributed by atoms with Gasteiger partial charge in [0.1, 0.15) is 5.75 Å². The normalized spacial score (nSPS) is 11.2. The molecule has 7 nitrogen and oxygen atoms in total. The van der Waals surface area contributed by atoms with Gasteiger partial charge in [0.05, 0.1) is 13.2 Å². The Balaban J connectivity index is 2.01. The summed E-state index contributed by atoms with van der Waals surface area (Å²) in [5.74, 6) is -2.15. The molecule has 0 saturated heterocycles. The summed E-state index contributed by atoms with van der Waals surface area (Å²) < 4.78 is 6.41. The molecule has 0 aliphatic rings. The monoisotopic (exact) mass is 339 g/mol. The number of nitriles is 1. The van der Waals surface area contributed by atoms with E-state index in [1.807, 2.05) is 0 Å². The van der Waals surface area contributed by atoms with Crippen LogP contribution in [0.1, 0.15) is 6.42 Å². The highest BCUT2D eigenvalue weighted by Gasteiger charge is 2.26. The number of nitrogens with zero attached hydrogens (tertiary/aromatic N) is 2. The summed E-state index contributed by atoms with van der Waals surface area (Å²) in [6.45, 7) is 0.114. The lowest BCUT2D eigenvalue weighted by atomic mass is 10.0. The lowest BCUT2D eigenvalue weighted by Crippen LogP contribution is -2.30. The fourth-order valence-corrected chi connectivity index (χ4v) is 2.21. The maximum atomic E-state index is 12.2. The summed E-state index contributed by atoms with van der Waals surface area (Å²) in [7, 11) is 1.49. The zero-order chi connectivity index (χ0) is 18.2. The highest BCUT2D eigenvalue weighted by Crippen LogP contribution is 2.17. The largest absolute Gasteiger partial charge is 0.497 e. The summed E-state index contributed by atoms with van der Waals surface area (Å²) in [4.78, 5) is 36.0. The number of hydrogen-bond acceptors (Lipinski definition) is 5. The number of pyridine rings is 1. The van der Waals surface area contributed by atoms with Crippen LogP contribution in [0.5, 0.6) is 5.75 Å². The quantitative estimate of drug-likeness (QED) is 0.772. The molecule has 0 fully saturated rings. The number of ether oxygens (including phenoxy) is 1. The van der Waals surface area contributed by atoms with Crippen LogP contribution in [-0.2, 0) is 16.1 Å². The first-order valence-electron chi connectivity index (χ1n) is 7.58. The molecule has 1 atom stereocenters. The minimum Gasteiger partial charge on any atom is -0.497 e. The summed E-state index contributed by atoms with van der Waals surface area (Å²) in [5.41, 5.74) is 0.182. The Morgan fingerprint density at radius 2 is 2.08 bits per heavy atom. The number of anilines is 1. The number of carbonyl (C=O) groups excluding carboxylic acids is 2. The standard InChI is InChI=1S/C18H17N3O4/c1-25-14-6-4-5-13(11-14)20-18(24)15(12-19)16(22)8-10-21-9-3-2-7-17(21)23/h2-7,9,11,15H,8,10H2,1H3,(H,20,24). The summed E-state index contributed by atoms with van der Waals surface area (Å²) in [6, 6.07) is 13.0. The first kappa shape index (κ1) is 17.9. The third kappa shape index (κ3) is 4.78. The number of ketones is 1. The maximum absolute atomic E-state index is 12.2. The van der Waals surface area contributed by atoms with E-state index in [9.17, 15) is 19.6 Å². The van der Waals surface area contributed by atoms with Crippen molar-refractivity contribution >= 4 is 17.4 Å². The van der Waals surface area contributed by atoms with Gasteiger partial charge in [0.25, 0.3) is 5.56 Å². The first-order valence-corrected chi connectivity index (χ1v) is 7.58. The molecule has 0 aliphatic heterocycles. The van der Waals surface area contributed by atoms with Gasteiger partial charge in [-0.05, 0) is 18.2 Å². The van der Waals surface area contributed by atoms with Crippen molar-refractivity contribution in [3.63, 3.8) is 0 Å². The van der Waals surface area contributed by atoms with Crippen molar-refractivity contribution in [2.75, 3.05) is 12.4 Å². The lowest BCUT2D eigenvalue weighted by Gasteiger charge is -2.11. The van der Waals surface area contributed by atoms with Gasteiger partial charge in [-0.1, -0.05) is 12.1 Å². The molecule has 0 radical (unpaired) electrons. The van der Waals surface area contributed by atoms with Gasteiger partial charge in [-0.25, -0.2) is 0 Å². The lowest BCUT2D eigenvalue weighted by molar-refractivity contribution is -0.129. The topological polar surface area (TPSA) is 101 Å². The smallest absolute Gasteiger partial charge is 0.250 e. The molecule has 0 aliphatic carbocycles. The van der Waals surface area contributed by atoms with Gasteiger partial charge < -0.3 is 14.6 Å². The summed E-state index contributed by atoms with van der Waals surface area (Å²) in [6.07, 6.45) is 1.46. The van der Waals surface area contributed by atoms with Crippen molar-refractivity contribution in [2.24, 2.45) is 5.92 Å². The maximum Gasteiger partial charge on any atom is 0.250 e. The number of aromatic nitrogens is 1. The van der Waals surface area contributed by atoms with Crippen LogP contribution < -0.4 is 15.6 Å². The van der Waals surface area contributed by atoms with Gasteiger partial charge in [0.2, 0.25) is 5.91 Å². The molecule has 0 saturated carbocycles. The fraction of sp³-hybridized carbons (Fsp3) is 0.222. The number of carbonyl (C=O) groups is 2. The van der Waals surface area contributed by atoms with Crippen LogP contribution in [-0.4, -0.2) is 23.4 Å². The molecule has 1 unspecified atom stereocenters. The molecule has 1 aromatic heterocycles. The molecule has 0 bridgehead atoms. The average molecular weight is 339 g/mol. The molecule has 1 aromatic carbocycles. The third-order valence-corrected chi connectivity index (χ3v) is 3.55. The van der Waals surface area contributed by atoms with Crippen molar-refractivity contribution in [3.8, 4) is 11.8 Å². The van der Waals surface area contributed by atoms with Crippen LogP contribution in [0.2, 0.25) is 0 Å². The first-order chi connectivity index (χ1) is 12.0. The molecule has 2 rings (SSSR count). The average Bonchev–Trinajstić information content (AvgIpc) is 2.61. The van der Waals surface area contributed by atoms with E-state index in [2.05, 4.69) is 5.32 Å². The van der Waals surface area contributed by atoms with Crippen molar-refractivity contribution in [1.29, 1.82) is 5.26 Å². The number of amides is 1. The van der Waals surface area contributed by atoms with Gasteiger partial charge in [-0.15, -0.1) is 0 Å². The minimum atomic E-state index is -1.44. The van der Waals surface area contributed by atoms with Gasteiger partial charge in [0.15, 0.2) is 11.7 Å². The third-order valence-electron chi connectivity index (χ3n) is 3.55. The number of rotatable bonds is 7. The molecule has 1 amide bonds. The van der Waals surface area contributed by atoms with Crippen LogP contribution in [0.25, 0.3) is 0 Å². The van der Waals surface area contributed by atoms with Crippen molar-refractivity contribution < 1.29 is 14.3 Å². The molecule has 7 heteroatoms. The van der Waals surface area contributed by atoms with E-state index in [-0.39, 0.29) is 18.5 Å². The van der Waals surface area contributed by atoms with E-state index in [1.165, 1.54) is 17.7 Å². The predicted octanol–water partition coefficient (Wildman–Crippen LogP) is 1.59. The molecule has 128 valence electrons. The Kier molecular flexibility index (Phi) is 6.07. The SMILES string of the molecule is COc1cccc(NC(=O)C(C#N)C(=O)CCn2ccccc2=O)c1. The summed E-state index contributed by atoms with van der Waals surface area (Å²) >= 11 is 0. The molecule has 1 N–H and O–H groups in total. The van der Waals surface area contributed by atoms with Crippen LogP contribution in [0.15, 0.2) is 53.5 Å². The van der Waals surface area contributed by atoms with Crippen molar-refractivity contribution in [1.82, 2.24) is 4.57 Å². The number of aryl methyl sites for hydroxylation is 1. The Labute approximate surface area is 144 Å². The molecule has 0 spiro atoms. The zero-order valence-corrected chi connectivity index (χ0v) is 13.6. The molecular formula is C18H17N3O4. The highest BCUT2D eigenvalue weighted by atomic mass is 16.5. The van der Waals surface area contributed by atoms with Crippen LogP contribution >= 0.6 is 0 Å².